The molecule has 1 aromatic heterocycles. The van der Waals surface area contributed by atoms with Crippen molar-refractivity contribution in [2.24, 2.45) is 0 Å². The first-order valence-electron chi connectivity index (χ1n) is 5.87. The average molecular weight is 239 g/mol. The monoisotopic (exact) mass is 239 g/mol. The summed E-state index contributed by atoms with van der Waals surface area (Å²) in [7, 11) is 1.65. The molecule has 0 aliphatic carbocycles. The Labute approximate surface area is 102 Å². The molecule has 0 fully saturated rings. The molecule has 3 N–H and O–H groups in total. The van der Waals surface area contributed by atoms with E-state index in [1.807, 2.05) is 25.1 Å². The van der Waals surface area contributed by atoms with Gasteiger partial charge in [-0.3, -0.25) is 0 Å². The molecule has 1 atom stereocenters. The van der Waals surface area contributed by atoms with Gasteiger partial charge in [0, 0.05) is 20.3 Å². The summed E-state index contributed by atoms with van der Waals surface area (Å²) in [5.74, 6) is 1.60. The summed E-state index contributed by atoms with van der Waals surface area (Å²) in [6, 6.07) is 5.70. The lowest BCUT2D eigenvalue weighted by molar-refractivity contribution is 0.174. The first kappa shape index (κ1) is 13.7. The van der Waals surface area contributed by atoms with E-state index in [1.54, 1.807) is 7.11 Å². The number of nitrogens with zero attached hydrogens (tertiary/aromatic N) is 1. The lowest BCUT2D eigenvalue weighted by Gasteiger charge is -2.16. The molecular weight excluding hydrogens is 218 g/mol. The molecule has 5 heteroatoms. The van der Waals surface area contributed by atoms with Crippen molar-refractivity contribution in [3.8, 4) is 0 Å². The predicted octanol–water partition coefficient (Wildman–Crippen LogP) is 1.32. The maximum absolute atomic E-state index is 9.23. The van der Waals surface area contributed by atoms with E-state index < -0.39 is 0 Å². The third kappa shape index (κ3) is 5.01. The minimum atomic E-state index is -0.0284. The van der Waals surface area contributed by atoms with Crippen LogP contribution in [0.1, 0.15) is 13.3 Å². The van der Waals surface area contributed by atoms with Crippen molar-refractivity contribution < 1.29 is 9.84 Å². The molecule has 0 spiro atoms. The molecule has 0 bridgehead atoms. The summed E-state index contributed by atoms with van der Waals surface area (Å²) < 4.78 is 4.99. The van der Waals surface area contributed by atoms with Crippen molar-refractivity contribution in [3.63, 3.8) is 0 Å². The zero-order chi connectivity index (χ0) is 12.5. The molecule has 1 rings (SSSR count). The Hall–Kier alpha value is -1.33. The van der Waals surface area contributed by atoms with Gasteiger partial charge in [0.25, 0.3) is 0 Å². The van der Waals surface area contributed by atoms with E-state index in [9.17, 15) is 5.11 Å². The molecular formula is C12H21N3O2. The third-order valence-corrected chi connectivity index (χ3v) is 2.35. The first-order valence-corrected chi connectivity index (χ1v) is 5.87. The first-order chi connectivity index (χ1) is 8.30. The molecule has 1 aromatic rings. The second-order valence-electron chi connectivity index (χ2n) is 3.74. The van der Waals surface area contributed by atoms with Crippen LogP contribution in [0.2, 0.25) is 0 Å². The molecule has 0 aliphatic heterocycles. The third-order valence-electron chi connectivity index (χ3n) is 2.35. The highest BCUT2D eigenvalue weighted by atomic mass is 16.5. The van der Waals surface area contributed by atoms with Gasteiger partial charge in [0.1, 0.15) is 11.6 Å². The van der Waals surface area contributed by atoms with E-state index in [4.69, 9.17) is 4.74 Å². The molecule has 5 nitrogen and oxygen atoms in total. The zero-order valence-electron chi connectivity index (χ0n) is 10.4. The molecule has 0 saturated carbocycles. The quantitative estimate of drug-likeness (QED) is 0.638. The highest BCUT2D eigenvalue weighted by Crippen LogP contribution is 2.11. The molecule has 17 heavy (non-hydrogen) atoms. The molecule has 0 aliphatic rings. The maximum atomic E-state index is 9.23. The van der Waals surface area contributed by atoms with Crippen molar-refractivity contribution in [3.05, 3.63) is 18.2 Å². The molecule has 0 aromatic carbocycles. The van der Waals surface area contributed by atoms with Crippen LogP contribution in [-0.4, -0.2) is 43.0 Å². The maximum Gasteiger partial charge on any atom is 0.128 e. The minimum Gasteiger partial charge on any atom is -0.394 e. The Morgan fingerprint density at radius 3 is 2.82 bits per heavy atom. The summed E-state index contributed by atoms with van der Waals surface area (Å²) in [5.41, 5.74) is 0. The number of hydrogen-bond acceptors (Lipinski definition) is 5. The van der Waals surface area contributed by atoms with Gasteiger partial charge >= 0.3 is 0 Å². The lowest BCUT2D eigenvalue weighted by atomic mass is 10.2. The Kier molecular flexibility index (Phi) is 6.35. The fourth-order valence-corrected chi connectivity index (χ4v) is 1.47. The largest absolute Gasteiger partial charge is 0.394 e. The van der Waals surface area contributed by atoms with Crippen molar-refractivity contribution >= 4 is 11.6 Å². The summed E-state index contributed by atoms with van der Waals surface area (Å²) >= 11 is 0. The number of aromatic nitrogens is 1. The molecule has 96 valence electrons. The number of rotatable bonds is 8. The number of aliphatic hydroxyl groups is 1. The van der Waals surface area contributed by atoms with E-state index in [0.717, 1.165) is 24.6 Å². The number of methoxy groups -OCH3 is 1. The predicted molar refractivity (Wildman–Crippen MR) is 69.4 cm³/mol. The number of aliphatic hydroxyl groups excluding tert-OH is 1. The Morgan fingerprint density at radius 2 is 2.18 bits per heavy atom. The number of pyridine rings is 1. The number of hydrogen-bond donors (Lipinski definition) is 3. The number of anilines is 2. The summed E-state index contributed by atoms with van der Waals surface area (Å²) in [6.45, 7) is 3.54. The van der Waals surface area contributed by atoms with Crippen LogP contribution in [0.3, 0.4) is 0 Å². The Morgan fingerprint density at radius 1 is 1.41 bits per heavy atom. The average Bonchev–Trinajstić information content (AvgIpc) is 2.35. The van der Waals surface area contributed by atoms with Gasteiger partial charge in [-0.1, -0.05) is 6.07 Å². The minimum absolute atomic E-state index is 0.0284. The van der Waals surface area contributed by atoms with E-state index >= 15 is 0 Å². The van der Waals surface area contributed by atoms with Crippen LogP contribution in [0.4, 0.5) is 11.6 Å². The van der Waals surface area contributed by atoms with E-state index in [-0.39, 0.29) is 12.6 Å². The van der Waals surface area contributed by atoms with E-state index in [0.29, 0.717) is 6.61 Å². The van der Waals surface area contributed by atoms with Crippen LogP contribution in [-0.2, 0) is 4.74 Å². The molecule has 0 amide bonds. The summed E-state index contributed by atoms with van der Waals surface area (Å²) in [4.78, 5) is 4.38. The topological polar surface area (TPSA) is 66.4 Å². The summed E-state index contributed by atoms with van der Waals surface area (Å²) in [5, 5.41) is 15.6. The fraction of sp³-hybridized carbons (Fsp3) is 0.583. The van der Waals surface area contributed by atoms with Crippen LogP contribution in [0.5, 0.6) is 0 Å². The number of ether oxygens (including phenoxy) is 1. The van der Waals surface area contributed by atoms with E-state index in [1.165, 1.54) is 0 Å². The molecule has 0 radical (unpaired) electrons. The van der Waals surface area contributed by atoms with Crippen molar-refractivity contribution in [2.75, 3.05) is 37.5 Å². The van der Waals surface area contributed by atoms with Crippen molar-refractivity contribution in [1.82, 2.24) is 4.98 Å². The van der Waals surface area contributed by atoms with Crippen molar-refractivity contribution in [1.29, 1.82) is 0 Å². The Bertz CT molecular complexity index is 320. The van der Waals surface area contributed by atoms with Gasteiger partial charge in [-0.25, -0.2) is 4.98 Å². The van der Waals surface area contributed by atoms with Gasteiger partial charge in [-0.05, 0) is 25.5 Å². The normalized spacial score (nSPS) is 12.2. The standard InChI is InChI=1S/C12H21N3O2/c1-3-13-11-5-4-6-12(15-11)14-10(9-16)7-8-17-2/h4-6,10,16H,3,7-9H2,1-2H3,(H2,13,14,15). The summed E-state index contributed by atoms with van der Waals surface area (Å²) in [6.07, 6.45) is 0.750. The van der Waals surface area contributed by atoms with Crippen LogP contribution < -0.4 is 10.6 Å². The Balaban J connectivity index is 2.55. The molecule has 0 saturated heterocycles. The van der Waals surface area contributed by atoms with Crippen LogP contribution >= 0.6 is 0 Å². The van der Waals surface area contributed by atoms with Gasteiger partial charge in [0.15, 0.2) is 0 Å². The second kappa shape index (κ2) is 7.86. The van der Waals surface area contributed by atoms with Gasteiger partial charge in [-0.2, -0.15) is 0 Å². The highest BCUT2D eigenvalue weighted by molar-refractivity contribution is 5.45. The van der Waals surface area contributed by atoms with E-state index in [2.05, 4.69) is 15.6 Å². The molecule has 1 unspecified atom stereocenters. The van der Waals surface area contributed by atoms with Gasteiger partial charge in [-0.15, -0.1) is 0 Å². The smallest absolute Gasteiger partial charge is 0.128 e. The van der Waals surface area contributed by atoms with Gasteiger partial charge in [0.2, 0.25) is 0 Å². The zero-order valence-corrected chi connectivity index (χ0v) is 10.4. The van der Waals surface area contributed by atoms with Gasteiger partial charge in [0.05, 0.1) is 12.6 Å². The van der Waals surface area contributed by atoms with Gasteiger partial charge < -0.3 is 20.5 Å². The number of nitrogens with one attached hydrogen (secondary N) is 2. The van der Waals surface area contributed by atoms with Crippen molar-refractivity contribution in [2.45, 2.75) is 19.4 Å². The molecule has 1 heterocycles. The fourth-order valence-electron chi connectivity index (χ4n) is 1.47. The lowest BCUT2D eigenvalue weighted by Crippen LogP contribution is -2.25. The second-order valence-corrected chi connectivity index (χ2v) is 3.74. The highest BCUT2D eigenvalue weighted by Gasteiger charge is 2.07. The van der Waals surface area contributed by atoms with Crippen LogP contribution in [0, 0.1) is 0 Å². The van der Waals surface area contributed by atoms with Crippen LogP contribution in [0.25, 0.3) is 0 Å². The van der Waals surface area contributed by atoms with Crippen LogP contribution in [0.15, 0.2) is 18.2 Å². The SMILES string of the molecule is CCNc1cccc(NC(CO)CCOC)n1.